The molecule has 0 saturated carbocycles. The Bertz CT molecular complexity index is 1640. The van der Waals surface area contributed by atoms with Crippen LogP contribution in [-0.4, -0.2) is 78.7 Å². The van der Waals surface area contributed by atoms with Gasteiger partial charge in [0.25, 0.3) is 0 Å². The van der Waals surface area contributed by atoms with Crippen LogP contribution in [0.5, 0.6) is 0 Å². The maximum absolute atomic E-state index is 12.3. The van der Waals surface area contributed by atoms with E-state index in [0.29, 0.717) is 66.0 Å². The lowest BCUT2D eigenvalue weighted by molar-refractivity contribution is -0.0383. The lowest BCUT2D eigenvalue weighted by Gasteiger charge is -2.36. The van der Waals surface area contributed by atoms with E-state index in [9.17, 15) is 4.79 Å². The molecule has 0 heterocycles. The Balaban J connectivity index is 0.793. The molecule has 5 aromatic rings. The number of hydrogen-bond acceptors (Lipinski definition) is 7. The Morgan fingerprint density at radius 2 is 0.865 bits per heavy atom. The number of rotatable bonds is 21. The summed E-state index contributed by atoms with van der Waals surface area (Å²) in [5.41, 5.74) is 7.21. The van der Waals surface area contributed by atoms with E-state index < -0.39 is 11.7 Å². The third-order valence-corrected chi connectivity index (χ3v) is 9.06. The summed E-state index contributed by atoms with van der Waals surface area (Å²) in [5.74, 6) is 0.0363. The van der Waals surface area contributed by atoms with E-state index in [1.54, 1.807) is 0 Å². The van der Waals surface area contributed by atoms with Crippen molar-refractivity contribution >= 4 is 6.09 Å². The number of carbonyl (C=O) groups excluding carboxylic acids is 1. The van der Waals surface area contributed by atoms with Crippen molar-refractivity contribution in [3.05, 3.63) is 167 Å². The van der Waals surface area contributed by atoms with E-state index in [0.717, 1.165) is 16.7 Å². The van der Waals surface area contributed by atoms with E-state index in [1.807, 2.05) is 78.9 Å². The lowest BCUT2D eigenvalue weighted by Crippen LogP contribution is -2.34. The molecule has 8 heteroatoms. The third kappa shape index (κ3) is 9.53. The highest BCUT2D eigenvalue weighted by atomic mass is 16.6. The van der Waals surface area contributed by atoms with Gasteiger partial charge in [0.1, 0.15) is 12.2 Å². The van der Waals surface area contributed by atoms with Crippen LogP contribution in [0, 0.1) is 0 Å². The SMILES string of the molecule is O=C(NCCOCCOCCOCCOCCOC(c1ccccc1)(c1ccccc1)c1ccccc1)OCC1c2ccccc2-c2ccccc21. The molecule has 0 spiro atoms. The first kappa shape index (κ1) is 36.9. The zero-order valence-corrected chi connectivity index (χ0v) is 29.5. The van der Waals surface area contributed by atoms with E-state index in [4.69, 9.17) is 28.4 Å². The normalized spacial score (nSPS) is 12.3. The smallest absolute Gasteiger partial charge is 0.407 e. The van der Waals surface area contributed by atoms with Crippen LogP contribution in [0.3, 0.4) is 0 Å². The molecule has 0 bridgehead atoms. The molecule has 8 nitrogen and oxygen atoms in total. The number of carbonyl (C=O) groups is 1. The summed E-state index contributed by atoms with van der Waals surface area (Å²) in [5, 5.41) is 2.76. The second-order valence-electron chi connectivity index (χ2n) is 12.3. The van der Waals surface area contributed by atoms with Crippen molar-refractivity contribution in [2.75, 3.05) is 72.6 Å². The molecule has 0 aromatic heterocycles. The fraction of sp³-hybridized carbons (Fsp3) is 0.295. The van der Waals surface area contributed by atoms with Gasteiger partial charge in [0.2, 0.25) is 0 Å². The summed E-state index contributed by atoms with van der Waals surface area (Å²) in [6, 6.07) is 47.5. The fourth-order valence-electron chi connectivity index (χ4n) is 6.66. The zero-order chi connectivity index (χ0) is 35.7. The molecule has 270 valence electrons. The van der Waals surface area contributed by atoms with Crippen molar-refractivity contribution in [2.24, 2.45) is 0 Å². The highest BCUT2D eigenvalue weighted by molar-refractivity contribution is 5.79. The number of benzene rings is 5. The quantitative estimate of drug-likeness (QED) is 0.0623. The molecule has 0 saturated heterocycles. The van der Waals surface area contributed by atoms with E-state index in [1.165, 1.54) is 22.3 Å². The molecule has 1 aliphatic carbocycles. The molecule has 1 amide bonds. The second-order valence-corrected chi connectivity index (χ2v) is 12.3. The fourth-order valence-corrected chi connectivity index (χ4v) is 6.66. The monoisotopic (exact) mass is 701 g/mol. The van der Waals surface area contributed by atoms with Gasteiger partial charge in [-0.15, -0.1) is 0 Å². The maximum Gasteiger partial charge on any atom is 0.407 e. The van der Waals surface area contributed by atoms with Crippen molar-refractivity contribution < 1.29 is 33.2 Å². The first-order valence-electron chi connectivity index (χ1n) is 18.0. The van der Waals surface area contributed by atoms with Crippen LogP contribution in [0.4, 0.5) is 4.79 Å². The van der Waals surface area contributed by atoms with Gasteiger partial charge in [-0.1, -0.05) is 140 Å². The molecule has 6 rings (SSSR count). The van der Waals surface area contributed by atoms with Crippen molar-refractivity contribution in [1.82, 2.24) is 5.32 Å². The van der Waals surface area contributed by atoms with E-state index >= 15 is 0 Å². The summed E-state index contributed by atoms with van der Waals surface area (Å²) in [7, 11) is 0. The first-order chi connectivity index (χ1) is 25.8. The summed E-state index contributed by atoms with van der Waals surface area (Å²) >= 11 is 0. The topological polar surface area (TPSA) is 84.5 Å². The minimum absolute atomic E-state index is 0.0363. The summed E-state index contributed by atoms with van der Waals surface area (Å²) in [4.78, 5) is 12.3. The van der Waals surface area contributed by atoms with Gasteiger partial charge in [0, 0.05) is 12.5 Å². The summed E-state index contributed by atoms with van der Waals surface area (Å²) < 4.78 is 35.0. The minimum Gasteiger partial charge on any atom is -0.449 e. The van der Waals surface area contributed by atoms with Gasteiger partial charge >= 0.3 is 6.09 Å². The van der Waals surface area contributed by atoms with Gasteiger partial charge < -0.3 is 33.7 Å². The molecule has 0 unspecified atom stereocenters. The Labute approximate surface area is 306 Å². The van der Waals surface area contributed by atoms with Crippen LogP contribution in [0.1, 0.15) is 33.7 Å². The molecule has 0 atom stereocenters. The Morgan fingerprint density at radius 1 is 0.481 bits per heavy atom. The van der Waals surface area contributed by atoms with Gasteiger partial charge in [0.05, 0.1) is 59.5 Å². The molecular formula is C44H47NO7. The van der Waals surface area contributed by atoms with Crippen molar-refractivity contribution in [2.45, 2.75) is 11.5 Å². The van der Waals surface area contributed by atoms with Crippen molar-refractivity contribution in [3.8, 4) is 11.1 Å². The molecule has 0 radical (unpaired) electrons. The largest absolute Gasteiger partial charge is 0.449 e. The number of amides is 1. The average molecular weight is 702 g/mol. The predicted molar refractivity (Wildman–Crippen MR) is 202 cm³/mol. The third-order valence-electron chi connectivity index (χ3n) is 9.06. The maximum atomic E-state index is 12.3. The van der Waals surface area contributed by atoms with Gasteiger partial charge in [-0.3, -0.25) is 0 Å². The standard InChI is InChI=1S/C44H47NO7/c46-43(51-34-42-40-22-12-10-20-38(40)39-21-11-13-23-41(39)42)45-24-25-47-26-27-48-28-29-49-30-31-50-32-33-52-44(35-14-4-1-5-15-35,36-16-6-2-7-17-36)37-18-8-3-9-19-37/h1-23,42H,24-34H2,(H,45,46). The van der Waals surface area contributed by atoms with E-state index in [-0.39, 0.29) is 12.5 Å². The van der Waals surface area contributed by atoms with Crippen molar-refractivity contribution in [3.63, 3.8) is 0 Å². The van der Waals surface area contributed by atoms with Crippen LogP contribution < -0.4 is 5.32 Å². The Morgan fingerprint density at radius 3 is 1.33 bits per heavy atom. The first-order valence-corrected chi connectivity index (χ1v) is 18.0. The average Bonchev–Trinajstić information content (AvgIpc) is 3.53. The van der Waals surface area contributed by atoms with Crippen LogP contribution in [0.2, 0.25) is 0 Å². The van der Waals surface area contributed by atoms with Gasteiger partial charge in [0.15, 0.2) is 0 Å². The molecule has 5 aromatic carbocycles. The second kappa shape index (κ2) is 19.7. The van der Waals surface area contributed by atoms with Crippen LogP contribution >= 0.6 is 0 Å². The van der Waals surface area contributed by atoms with Crippen LogP contribution in [-0.2, 0) is 34.0 Å². The highest BCUT2D eigenvalue weighted by Gasteiger charge is 2.37. The van der Waals surface area contributed by atoms with E-state index in [2.05, 4.69) is 66.0 Å². The Kier molecular flexibility index (Phi) is 14.0. The number of ether oxygens (including phenoxy) is 6. The molecule has 0 fully saturated rings. The van der Waals surface area contributed by atoms with Crippen LogP contribution in [0.25, 0.3) is 11.1 Å². The molecule has 0 aliphatic heterocycles. The van der Waals surface area contributed by atoms with Gasteiger partial charge in [-0.2, -0.15) is 0 Å². The number of nitrogens with one attached hydrogen (secondary N) is 1. The molecule has 1 N–H and O–H groups in total. The summed E-state index contributed by atoms with van der Waals surface area (Å²) in [6.07, 6.45) is -0.449. The molecular weight excluding hydrogens is 654 g/mol. The molecule has 1 aliphatic rings. The van der Waals surface area contributed by atoms with Gasteiger partial charge in [-0.25, -0.2) is 4.79 Å². The van der Waals surface area contributed by atoms with Crippen molar-refractivity contribution in [1.29, 1.82) is 0 Å². The highest BCUT2D eigenvalue weighted by Crippen LogP contribution is 2.44. The van der Waals surface area contributed by atoms with Crippen LogP contribution in [0.15, 0.2) is 140 Å². The number of fused-ring (bicyclic) bond motifs is 3. The van der Waals surface area contributed by atoms with Gasteiger partial charge in [-0.05, 0) is 38.9 Å². The molecule has 52 heavy (non-hydrogen) atoms. The predicted octanol–water partition coefficient (Wildman–Crippen LogP) is 7.60. The zero-order valence-electron chi connectivity index (χ0n) is 29.5. The number of hydrogen-bond donors (Lipinski definition) is 1. The Hall–Kier alpha value is -4.83. The summed E-state index contributed by atoms with van der Waals surface area (Å²) in [6.45, 7) is 4.55. The number of alkyl carbamates (subject to hydrolysis) is 1. The minimum atomic E-state index is -0.760. The lowest BCUT2D eigenvalue weighted by atomic mass is 9.80.